The van der Waals surface area contributed by atoms with Crippen LogP contribution < -0.4 is 5.32 Å². The predicted octanol–water partition coefficient (Wildman–Crippen LogP) is 4.69. The summed E-state index contributed by atoms with van der Waals surface area (Å²) in [5.74, 6) is 0. The lowest BCUT2D eigenvalue weighted by Gasteiger charge is -2.14. The number of nitrogens with zero attached hydrogens (tertiary/aromatic N) is 1. The van der Waals surface area contributed by atoms with Crippen LogP contribution in [0.3, 0.4) is 0 Å². The van der Waals surface area contributed by atoms with Gasteiger partial charge in [-0.2, -0.15) is 0 Å². The minimum atomic E-state index is 0.116. The highest BCUT2D eigenvalue weighted by Gasteiger charge is 2.28. The zero-order chi connectivity index (χ0) is 13.4. The van der Waals surface area contributed by atoms with E-state index in [0.717, 1.165) is 5.69 Å². The summed E-state index contributed by atoms with van der Waals surface area (Å²) in [4.78, 5) is 0. The van der Waals surface area contributed by atoms with E-state index in [4.69, 9.17) is 5.32 Å². The van der Waals surface area contributed by atoms with Crippen molar-refractivity contribution in [2.75, 3.05) is 0 Å². The first-order chi connectivity index (χ1) is 9.93. The molecule has 0 N–H and O–H groups in total. The maximum absolute atomic E-state index is 4.94. The van der Waals surface area contributed by atoms with Gasteiger partial charge in [-0.05, 0) is 34.4 Å². The number of benzene rings is 3. The van der Waals surface area contributed by atoms with Gasteiger partial charge in [-0.25, -0.2) is 0 Å². The third-order valence-electron chi connectivity index (χ3n) is 3.84. The molecule has 0 aliphatic heterocycles. The molecule has 0 amide bonds. The van der Waals surface area contributed by atoms with Gasteiger partial charge in [0.25, 0.3) is 0 Å². The van der Waals surface area contributed by atoms with E-state index in [0.29, 0.717) is 0 Å². The van der Waals surface area contributed by atoms with E-state index in [1.54, 1.807) is 0 Å². The number of fused-ring (bicyclic) bond motifs is 3. The molecular formula is C19H14N. The number of hydrogen-bond donors (Lipinski definition) is 0. The standard InChI is InChI=1S/C19H14N/c1-2-8-14(9-3-1)20-19-17-12-6-4-10-15(17)16-11-5-7-13-18(16)19/h1-13,19H. The van der Waals surface area contributed by atoms with Crippen LogP contribution in [-0.4, -0.2) is 0 Å². The maximum atomic E-state index is 4.94. The predicted molar refractivity (Wildman–Crippen MR) is 82.0 cm³/mol. The van der Waals surface area contributed by atoms with Crippen molar-refractivity contribution in [1.29, 1.82) is 0 Å². The molecule has 1 radical (unpaired) electrons. The van der Waals surface area contributed by atoms with Gasteiger partial charge in [0.2, 0.25) is 0 Å². The molecule has 3 aromatic carbocycles. The van der Waals surface area contributed by atoms with Gasteiger partial charge >= 0.3 is 0 Å². The Morgan fingerprint density at radius 3 is 1.65 bits per heavy atom. The third-order valence-corrected chi connectivity index (χ3v) is 3.84. The molecule has 1 heteroatoms. The Hall–Kier alpha value is -2.54. The molecule has 0 atom stereocenters. The Balaban J connectivity index is 1.83. The average Bonchev–Trinajstić information content (AvgIpc) is 2.84. The first kappa shape index (κ1) is 11.3. The lowest BCUT2D eigenvalue weighted by molar-refractivity contribution is 0.742. The highest BCUT2D eigenvalue weighted by molar-refractivity contribution is 5.78. The van der Waals surface area contributed by atoms with Crippen LogP contribution in [0, 0.1) is 0 Å². The Bertz CT molecular complexity index is 701. The molecular weight excluding hydrogens is 242 g/mol. The Labute approximate surface area is 118 Å². The summed E-state index contributed by atoms with van der Waals surface area (Å²) < 4.78 is 0. The second-order valence-electron chi connectivity index (χ2n) is 5.04. The molecule has 1 nitrogen and oxygen atoms in total. The monoisotopic (exact) mass is 256 g/mol. The van der Waals surface area contributed by atoms with Crippen LogP contribution in [0.1, 0.15) is 17.2 Å². The van der Waals surface area contributed by atoms with Crippen LogP contribution in [0.2, 0.25) is 0 Å². The van der Waals surface area contributed by atoms with Gasteiger partial charge in [-0.1, -0.05) is 66.7 Å². The molecule has 4 rings (SSSR count). The van der Waals surface area contributed by atoms with Crippen molar-refractivity contribution in [3.8, 4) is 11.1 Å². The molecule has 0 fully saturated rings. The molecule has 0 aromatic heterocycles. The van der Waals surface area contributed by atoms with Gasteiger partial charge in [0.05, 0.1) is 5.69 Å². The summed E-state index contributed by atoms with van der Waals surface area (Å²) in [7, 11) is 0. The largest absolute Gasteiger partial charge is 0.272 e. The van der Waals surface area contributed by atoms with Crippen LogP contribution in [0.25, 0.3) is 11.1 Å². The van der Waals surface area contributed by atoms with Crippen molar-refractivity contribution in [2.45, 2.75) is 6.04 Å². The van der Waals surface area contributed by atoms with Gasteiger partial charge in [-0.15, -0.1) is 0 Å². The lowest BCUT2D eigenvalue weighted by Crippen LogP contribution is -2.07. The molecule has 3 aromatic rings. The van der Waals surface area contributed by atoms with Crippen LogP contribution in [0.5, 0.6) is 0 Å². The molecule has 20 heavy (non-hydrogen) atoms. The van der Waals surface area contributed by atoms with Gasteiger partial charge in [0.1, 0.15) is 6.04 Å². The quantitative estimate of drug-likeness (QED) is 0.631. The second kappa shape index (κ2) is 4.53. The fourth-order valence-corrected chi connectivity index (χ4v) is 2.93. The van der Waals surface area contributed by atoms with E-state index in [-0.39, 0.29) is 6.04 Å². The van der Waals surface area contributed by atoms with Crippen LogP contribution in [0.15, 0.2) is 78.9 Å². The van der Waals surface area contributed by atoms with Crippen molar-refractivity contribution in [1.82, 2.24) is 5.32 Å². The minimum Gasteiger partial charge on any atom is -0.272 e. The Morgan fingerprint density at radius 1 is 0.550 bits per heavy atom. The molecule has 0 saturated heterocycles. The molecule has 1 aliphatic carbocycles. The van der Waals surface area contributed by atoms with E-state index >= 15 is 0 Å². The number of para-hydroxylation sites is 1. The van der Waals surface area contributed by atoms with Crippen LogP contribution in [0.4, 0.5) is 5.69 Å². The van der Waals surface area contributed by atoms with Crippen molar-refractivity contribution < 1.29 is 0 Å². The summed E-state index contributed by atoms with van der Waals surface area (Å²) >= 11 is 0. The maximum Gasteiger partial charge on any atom is 0.102 e. The first-order valence-corrected chi connectivity index (χ1v) is 6.87. The highest BCUT2D eigenvalue weighted by Crippen LogP contribution is 2.44. The lowest BCUT2D eigenvalue weighted by atomic mass is 10.1. The fourth-order valence-electron chi connectivity index (χ4n) is 2.93. The summed E-state index contributed by atoms with van der Waals surface area (Å²) in [6, 6.07) is 27.5. The number of rotatable bonds is 2. The smallest absolute Gasteiger partial charge is 0.102 e. The van der Waals surface area contributed by atoms with E-state index in [2.05, 4.69) is 60.7 Å². The summed E-state index contributed by atoms with van der Waals surface area (Å²) in [6.07, 6.45) is 0. The van der Waals surface area contributed by atoms with Crippen molar-refractivity contribution >= 4 is 5.69 Å². The second-order valence-corrected chi connectivity index (χ2v) is 5.04. The Kier molecular flexibility index (Phi) is 2.56. The van der Waals surface area contributed by atoms with Crippen LogP contribution in [-0.2, 0) is 0 Å². The van der Waals surface area contributed by atoms with E-state index in [1.165, 1.54) is 22.3 Å². The van der Waals surface area contributed by atoms with Crippen LogP contribution >= 0.6 is 0 Å². The van der Waals surface area contributed by atoms with Gasteiger partial charge in [-0.3, -0.25) is 5.32 Å². The van der Waals surface area contributed by atoms with Gasteiger partial charge in [0, 0.05) is 0 Å². The highest BCUT2D eigenvalue weighted by atomic mass is 14.9. The molecule has 1 aliphatic rings. The van der Waals surface area contributed by atoms with E-state index in [9.17, 15) is 0 Å². The van der Waals surface area contributed by atoms with Gasteiger partial charge < -0.3 is 0 Å². The first-order valence-electron chi connectivity index (χ1n) is 6.87. The molecule has 95 valence electrons. The molecule has 0 saturated carbocycles. The average molecular weight is 256 g/mol. The molecule has 0 bridgehead atoms. The molecule has 0 unspecified atom stereocenters. The fraction of sp³-hybridized carbons (Fsp3) is 0.0526. The normalized spacial score (nSPS) is 12.8. The summed E-state index contributed by atoms with van der Waals surface area (Å²) in [6.45, 7) is 0. The SMILES string of the molecule is c1ccc([N]C2c3ccccc3-c3ccccc32)cc1. The third kappa shape index (κ3) is 1.71. The minimum absolute atomic E-state index is 0.116. The number of hydrogen-bond acceptors (Lipinski definition) is 0. The van der Waals surface area contributed by atoms with Crippen molar-refractivity contribution in [3.63, 3.8) is 0 Å². The van der Waals surface area contributed by atoms with E-state index in [1.807, 2.05) is 18.2 Å². The zero-order valence-electron chi connectivity index (χ0n) is 11.0. The van der Waals surface area contributed by atoms with Crippen molar-refractivity contribution in [3.05, 3.63) is 90.0 Å². The molecule has 0 heterocycles. The molecule has 0 spiro atoms. The Morgan fingerprint density at radius 2 is 1.05 bits per heavy atom. The van der Waals surface area contributed by atoms with Gasteiger partial charge in [0.15, 0.2) is 0 Å². The van der Waals surface area contributed by atoms with Crippen molar-refractivity contribution in [2.24, 2.45) is 0 Å². The summed E-state index contributed by atoms with van der Waals surface area (Å²) in [5.41, 5.74) is 6.26. The zero-order valence-corrected chi connectivity index (χ0v) is 11.0. The van der Waals surface area contributed by atoms with E-state index < -0.39 is 0 Å². The topological polar surface area (TPSA) is 14.1 Å². The summed E-state index contributed by atoms with van der Waals surface area (Å²) in [5, 5.41) is 4.94.